The molecule has 0 aliphatic heterocycles. The maximum atomic E-state index is 11.1. The van der Waals surface area contributed by atoms with E-state index in [0.29, 0.717) is 22.7 Å². The SMILES string of the molecule is C/C(=C\COP(=O)([O-])OP(=O)([O-])[O-])COc1cccc(N=Nc2ccccc2)c1.[Na+].[Na+].[Na+]. The van der Waals surface area contributed by atoms with Crippen molar-refractivity contribution in [2.75, 3.05) is 13.2 Å². The first kappa shape index (κ1) is 35.0. The van der Waals surface area contributed by atoms with Crippen LogP contribution in [0.1, 0.15) is 6.92 Å². The van der Waals surface area contributed by atoms with Gasteiger partial charge in [-0.25, -0.2) is 0 Å². The summed E-state index contributed by atoms with van der Waals surface area (Å²) in [4.78, 5) is 31.8. The fraction of sp³-hybridized carbons (Fsp3) is 0.176. The van der Waals surface area contributed by atoms with Gasteiger partial charge < -0.3 is 28.5 Å². The number of rotatable bonds is 10. The monoisotopic (exact) mass is 508 g/mol. The maximum Gasteiger partial charge on any atom is 1.00 e. The average molecular weight is 508 g/mol. The van der Waals surface area contributed by atoms with E-state index < -0.39 is 22.3 Å². The Morgan fingerprint density at radius 1 is 0.938 bits per heavy atom. The first-order valence-corrected chi connectivity index (χ1v) is 11.1. The summed E-state index contributed by atoms with van der Waals surface area (Å²) in [6, 6.07) is 16.1. The molecule has 15 heteroatoms. The molecule has 0 saturated carbocycles. The summed E-state index contributed by atoms with van der Waals surface area (Å²) in [7, 11) is -10.9. The van der Waals surface area contributed by atoms with Gasteiger partial charge in [0.2, 0.25) is 0 Å². The van der Waals surface area contributed by atoms with E-state index in [9.17, 15) is 23.8 Å². The predicted octanol–water partition coefficient (Wildman–Crippen LogP) is -6.23. The van der Waals surface area contributed by atoms with Crippen molar-refractivity contribution in [3.05, 3.63) is 66.2 Å². The predicted molar refractivity (Wildman–Crippen MR) is 98.6 cm³/mol. The van der Waals surface area contributed by atoms with Crippen LogP contribution in [0.5, 0.6) is 5.75 Å². The Morgan fingerprint density at radius 3 is 2.16 bits per heavy atom. The van der Waals surface area contributed by atoms with Crippen LogP contribution < -0.4 is 108 Å². The number of nitrogens with zero attached hydrogens (tertiary/aromatic N) is 2. The Balaban J connectivity index is 0. The minimum Gasteiger partial charge on any atom is -0.790 e. The maximum absolute atomic E-state index is 11.1. The molecule has 156 valence electrons. The molecule has 10 nitrogen and oxygen atoms in total. The van der Waals surface area contributed by atoms with E-state index in [0.717, 1.165) is 0 Å². The van der Waals surface area contributed by atoms with E-state index in [1.165, 1.54) is 6.08 Å². The zero-order valence-corrected chi connectivity index (χ0v) is 26.0. The number of phosphoric ester groups is 1. The molecule has 1 unspecified atom stereocenters. The van der Waals surface area contributed by atoms with Crippen molar-refractivity contribution in [1.82, 2.24) is 0 Å². The van der Waals surface area contributed by atoms with Crippen LogP contribution in [0.2, 0.25) is 0 Å². The summed E-state index contributed by atoms with van der Waals surface area (Å²) in [5.74, 6) is 0.514. The molecule has 0 N–H and O–H groups in total. The smallest absolute Gasteiger partial charge is 0.790 e. The van der Waals surface area contributed by atoms with Crippen LogP contribution >= 0.6 is 15.6 Å². The van der Waals surface area contributed by atoms with Crippen molar-refractivity contribution in [3.63, 3.8) is 0 Å². The molecule has 32 heavy (non-hydrogen) atoms. The van der Waals surface area contributed by atoms with Crippen LogP contribution in [0.15, 0.2) is 76.5 Å². The van der Waals surface area contributed by atoms with Crippen molar-refractivity contribution in [2.24, 2.45) is 10.2 Å². The normalized spacial score (nSPS) is 13.3. The van der Waals surface area contributed by atoms with Gasteiger partial charge in [-0.15, -0.1) is 0 Å². The van der Waals surface area contributed by atoms with Crippen LogP contribution in [0.3, 0.4) is 0 Å². The van der Waals surface area contributed by atoms with Gasteiger partial charge in [-0.2, -0.15) is 10.2 Å². The summed E-state index contributed by atoms with van der Waals surface area (Å²) in [6.45, 7) is 1.24. The minimum atomic E-state index is -5.70. The van der Waals surface area contributed by atoms with E-state index in [1.807, 2.05) is 30.3 Å². The zero-order valence-electron chi connectivity index (χ0n) is 18.2. The first-order valence-electron chi connectivity index (χ1n) is 8.17. The molecule has 0 radical (unpaired) electrons. The topological polar surface area (TPSA) is 156 Å². The molecule has 0 aliphatic carbocycles. The zero-order chi connectivity index (χ0) is 21.3. The Hall–Kier alpha value is 0.840. The summed E-state index contributed by atoms with van der Waals surface area (Å²) in [5.41, 5.74) is 1.89. The third-order valence-corrected chi connectivity index (χ3v) is 5.25. The van der Waals surface area contributed by atoms with Gasteiger partial charge in [0.05, 0.1) is 25.8 Å². The van der Waals surface area contributed by atoms with Crippen molar-refractivity contribution in [1.29, 1.82) is 0 Å². The molecule has 0 bridgehead atoms. The Bertz CT molecular complexity index is 973. The van der Waals surface area contributed by atoms with Gasteiger partial charge in [0, 0.05) is 6.07 Å². The van der Waals surface area contributed by atoms with E-state index >= 15 is 0 Å². The Labute approximate surface area is 252 Å². The first-order chi connectivity index (χ1) is 13.6. The molecule has 0 fully saturated rings. The quantitative estimate of drug-likeness (QED) is 0.133. The molecular weight excluding hydrogens is 491 g/mol. The third kappa shape index (κ3) is 15.7. The van der Waals surface area contributed by atoms with Gasteiger partial charge in [0.25, 0.3) is 7.82 Å². The van der Waals surface area contributed by atoms with Gasteiger partial charge in [0.1, 0.15) is 12.4 Å². The Kier molecular flexibility index (Phi) is 18.9. The van der Waals surface area contributed by atoms with Gasteiger partial charge in [-0.1, -0.05) is 30.3 Å². The molecule has 0 spiro atoms. The van der Waals surface area contributed by atoms with Gasteiger partial charge in [0.15, 0.2) is 0 Å². The summed E-state index contributed by atoms with van der Waals surface area (Å²) in [5, 5.41) is 8.24. The van der Waals surface area contributed by atoms with Crippen molar-refractivity contribution in [3.8, 4) is 5.75 Å². The van der Waals surface area contributed by atoms with E-state index in [1.54, 1.807) is 31.2 Å². The molecule has 2 aromatic carbocycles. The van der Waals surface area contributed by atoms with Crippen molar-refractivity contribution in [2.45, 2.75) is 6.92 Å². The minimum absolute atomic E-state index is 0. The van der Waals surface area contributed by atoms with Crippen LogP contribution in [-0.4, -0.2) is 13.2 Å². The fourth-order valence-corrected chi connectivity index (χ4v) is 3.34. The second-order valence-corrected chi connectivity index (χ2v) is 8.34. The van der Waals surface area contributed by atoms with Gasteiger partial charge in [-0.3, -0.25) is 8.88 Å². The third-order valence-electron chi connectivity index (χ3n) is 3.19. The number of phosphoric acid groups is 2. The molecule has 2 rings (SSSR count). The van der Waals surface area contributed by atoms with Crippen molar-refractivity contribution >= 4 is 27.0 Å². The fourth-order valence-electron chi connectivity index (χ4n) is 1.92. The number of hydrogen-bond acceptors (Lipinski definition) is 10. The van der Waals surface area contributed by atoms with E-state index in [4.69, 9.17) is 4.74 Å². The molecule has 0 amide bonds. The largest absolute Gasteiger partial charge is 1.00 e. The second-order valence-electron chi connectivity index (χ2n) is 5.64. The summed E-state index contributed by atoms with van der Waals surface area (Å²) in [6.07, 6.45) is 1.34. The number of azo groups is 1. The van der Waals surface area contributed by atoms with Gasteiger partial charge >= 0.3 is 88.7 Å². The number of benzene rings is 2. The van der Waals surface area contributed by atoms with E-state index in [-0.39, 0.29) is 95.3 Å². The molecule has 0 heterocycles. The molecule has 0 aliphatic rings. The van der Waals surface area contributed by atoms with Crippen LogP contribution in [-0.2, 0) is 18.0 Å². The van der Waals surface area contributed by atoms with Crippen LogP contribution in [0, 0.1) is 0 Å². The van der Waals surface area contributed by atoms with Crippen LogP contribution in [0.25, 0.3) is 0 Å². The molecule has 0 saturated heterocycles. The Morgan fingerprint density at radius 2 is 1.53 bits per heavy atom. The number of ether oxygens (including phenoxy) is 1. The second kappa shape index (κ2) is 17.3. The summed E-state index contributed by atoms with van der Waals surface area (Å²) < 4.78 is 34.6. The van der Waals surface area contributed by atoms with Gasteiger partial charge in [-0.05, 0) is 36.8 Å². The molecule has 1 atom stereocenters. The molecular formula is C17H17N2Na3O8P2. The van der Waals surface area contributed by atoms with Crippen molar-refractivity contribution < 1.29 is 126 Å². The standard InChI is InChI=1S/C17H20N2O8P2.3Na/c1-14(10-11-26-29(23,24)27-28(20,21)22)13-25-17-9-5-8-16(12-17)19-18-15-6-3-2-4-7-15;;;/h2-10,12H,11,13H2,1H3,(H,23,24)(H2,20,21,22);;;/q;3*+1/p-3/b14-10+,19-18?;;;. The molecule has 0 aromatic heterocycles. The molecule has 2 aromatic rings. The average Bonchev–Trinajstić information content (AvgIpc) is 2.64. The number of hydrogen-bond donors (Lipinski definition) is 0. The summed E-state index contributed by atoms with van der Waals surface area (Å²) >= 11 is 0. The van der Waals surface area contributed by atoms with Crippen LogP contribution in [0.4, 0.5) is 11.4 Å². The van der Waals surface area contributed by atoms with E-state index in [2.05, 4.69) is 19.1 Å².